The first-order valence-electron chi connectivity index (χ1n) is 8.25. The summed E-state index contributed by atoms with van der Waals surface area (Å²) in [6, 6.07) is 17.9. The van der Waals surface area contributed by atoms with Gasteiger partial charge in [-0.15, -0.1) is 0 Å². The topological polar surface area (TPSA) is 54.9 Å². The second-order valence-electron chi connectivity index (χ2n) is 5.63. The molecule has 1 aromatic heterocycles. The highest BCUT2D eigenvalue weighted by Gasteiger charge is 2.14. The standard InChI is InChI=1S/C20H18BrN3OS/c1-2-14-8-10-16(11-9-14)23-19(25)18-17(21)12-22-20(24-18)26-13-15-6-4-3-5-7-15/h3-12H,2,13H2,1H3,(H,23,25). The van der Waals surface area contributed by atoms with Crippen LogP contribution in [-0.4, -0.2) is 15.9 Å². The fourth-order valence-corrected chi connectivity index (χ4v) is 3.46. The van der Waals surface area contributed by atoms with Crippen LogP contribution in [-0.2, 0) is 12.2 Å². The van der Waals surface area contributed by atoms with Crippen LogP contribution in [0.25, 0.3) is 0 Å². The number of aryl methyl sites for hydroxylation is 1. The second-order valence-corrected chi connectivity index (χ2v) is 7.42. The molecule has 0 aliphatic heterocycles. The van der Waals surface area contributed by atoms with Crippen molar-refractivity contribution in [3.63, 3.8) is 0 Å². The predicted octanol–water partition coefficient (Wildman–Crippen LogP) is 5.35. The van der Waals surface area contributed by atoms with Crippen LogP contribution in [0, 0.1) is 0 Å². The van der Waals surface area contributed by atoms with Gasteiger partial charge in [0, 0.05) is 17.6 Å². The van der Waals surface area contributed by atoms with E-state index in [-0.39, 0.29) is 5.91 Å². The molecule has 132 valence electrons. The third kappa shape index (κ3) is 4.93. The second kappa shape index (κ2) is 8.96. The van der Waals surface area contributed by atoms with Crippen molar-refractivity contribution in [2.45, 2.75) is 24.3 Å². The minimum atomic E-state index is -0.259. The molecule has 0 atom stereocenters. The van der Waals surface area contributed by atoms with E-state index in [1.165, 1.54) is 22.9 Å². The van der Waals surface area contributed by atoms with Crippen molar-refractivity contribution in [2.75, 3.05) is 5.32 Å². The lowest BCUT2D eigenvalue weighted by Crippen LogP contribution is -2.15. The van der Waals surface area contributed by atoms with Gasteiger partial charge in [0.2, 0.25) is 0 Å². The number of nitrogens with one attached hydrogen (secondary N) is 1. The Morgan fingerprint density at radius 1 is 1.08 bits per heavy atom. The average molecular weight is 428 g/mol. The number of halogens is 1. The summed E-state index contributed by atoms with van der Waals surface area (Å²) in [5, 5.41) is 3.46. The molecule has 4 nitrogen and oxygen atoms in total. The van der Waals surface area contributed by atoms with E-state index in [0.717, 1.165) is 17.9 Å². The maximum atomic E-state index is 12.6. The number of carbonyl (C=O) groups excluding carboxylic acids is 1. The van der Waals surface area contributed by atoms with Gasteiger partial charge in [-0.3, -0.25) is 4.79 Å². The van der Waals surface area contributed by atoms with Crippen molar-refractivity contribution in [3.8, 4) is 0 Å². The summed E-state index contributed by atoms with van der Waals surface area (Å²) in [6.45, 7) is 2.10. The Morgan fingerprint density at radius 2 is 1.81 bits per heavy atom. The Balaban J connectivity index is 1.70. The fourth-order valence-electron chi connectivity index (χ4n) is 2.32. The normalized spacial score (nSPS) is 10.5. The molecule has 0 radical (unpaired) electrons. The van der Waals surface area contributed by atoms with E-state index in [1.807, 2.05) is 42.5 Å². The molecular formula is C20H18BrN3OS. The third-order valence-corrected chi connectivity index (χ3v) is 5.28. The summed E-state index contributed by atoms with van der Waals surface area (Å²) in [6.07, 6.45) is 2.59. The van der Waals surface area contributed by atoms with Crippen molar-refractivity contribution in [1.29, 1.82) is 0 Å². The molecule has 0 fully saturated rings. The summed E-state index contributed by atoms with van der Waals surface area (Å²) in [5.74, 6) is 0.493. The first-order chi connectivity index (χ1) is 12.7. The smallest absolute Gasteiger partial charge is 0.275 e. The Morgan fingerprint density at radius 3 is 2.50 bits per heavy atom. The lowest BCUT2D eigenvalue weighted by Gasteiger charge is -2.08. The maximum absolute atomic E-state index is 12.6. The monoisotopic (exact) mass is 427 g/mol. The van der Waals surface area contributed by atoms with E-state index >= 15 is 0 Å². The lowest BCUT2D eigenvalue weighted by molar-refractivity contribution is 0.102. The Labute approximate surface area is 165 Å². The van der Waals surface area contributed by atoms with Crippen LogP contribution < -0.4 is 5.32 Å². The van der Waals surface area contributed by atoms with Crippen LogP contribution in [0.5, 0.6) is 0 Å². The molecule has 26 heavy (non-hydrogen) atoms. The van der Waals surface area contributed by atoms with E-state index in [9.17, 15) is 4.79 Å². The first-order valence-corrected chi connectivity index (χ1v) is 10.0. The average Bonchev–Trinajstić information content (AvgIpc) is 2.68. The summed E-state index contributed by atoms with van der Waals surface area (Å²) in [7, 11) is 0. The quantitative estimate of drug-likeness (QED) is 0.425. The van der Waals surface area contributed by atoms with E-state index in [2.05, 4.69) is 50.3 Å². The van der Waals surface area contributed by atoms with Gasteiger partial charge < -0.3 is 5.32 Å². The molecule has 3 aromatic rings. The van der Waals surface area contributed by atoms with Crippen LogP contribution in [0.15, 0.2) is 70.4 Å². The number of nitrogens with zero attached hydrogens (tertiary/aromatic N) is 2. The van der Waals surface area contributed by atoms with E-state index in [4.69, 9.17) is 0 Å². The van der Waals surface area contributed by atoms with E-state index in [1.54, 1.807) is 6.20 Å². The molecule has 0 unspecified atom stereocenters. The summed E-state index contributed by atoms with van der Waals surface area (Å²) >= 11 is 4.87. The number of amides is 1. The Hall–Kier alpha value is -2.18. The highest BCUT2D eigenvalue weighted by molar-refractivity contribution is 9.10. The number of carbonyl (C=O) groups is 1. The number of hydrogen-bond acceptors (Lipinski definition) is 4. The number of anilines is 1. The van der Waals surface area contributed by atoms with Gasteiger partial charge in [-0.2, -0.15) is 0 Å². The van der Waals surface area contributed by atoms with Crippen LogP contribution in [0.2, 0.25) is 0 Å². The highest BCUT2D eigenvalue weighted by atomic mass is 79.9. The molecule has 1 N–H and O–H groups in total. The van der Waals surface area contributed by atoms with Crippen molar-refractivity contribution >= 4 is 39.3 Å². The zero-order valence-corrected chi connectivity index (χ0v) is 16.7. The number of aromatic nitrogens is 2. The molecule has 0 aliphatic rings. The number of benzene rings is 2. The van der Waals surface area contributed by atoms with Crippen LogP contribution >= 0.6 is 27.7 Å². The molecule has 0 saturated heterocycles. The predicted molar refractivity (Wildman–Crippen MR) is 110 cm³/mol. The van der Waals surface area contributed by atoms with Gasteiger partial charge in [-0.05, 0) is 45.6 Å². The first kappa shape index (κ1) is 18.6. The van der Waals surface area contributed by atoms with Crippen molar-refractivity contribution in [2.24, 2.45) is 0 Å². The maximum Gasteiger partial charge on any atom is 0.275 e. The van der Waals surface area contributed by atoms with Gasteiger partial charge >= 0.3 is 0 Å². The molecule has 1 heterocycles. The van der Waals surface area contributed by atoms with Gasteiger partial charge in [0.1, 0.15) is 5.69 Å². The van der Waals surface area contributed by atoms with Crippen LogP contribution in [0.1, 0.15) is 28.5 Å². The van der Waals surface area contributed by atoms with Gasteiger partial charge in [0.15, 0.2) is 5.16 Å². The molecule has 1 amide bonds. The third-order valence-electron chi connectivity index (χ3n) is 3.77. The summed E-state index contributed by atoms with van der Waals surface area (Å²) in [4.78, 5) is 21.3. The SMILES string of the molecule is CCc1ccc(NC(=O)c2nc(SCc3ccccc3)ncc2Br)cc1. The van der Waals surface area contributed by atoms with Crippen molar-refractivity contribution in [3.05, 3.63) is 82.1 Å². The number of hydrogen-bond donors (Lipinski definition) is 1. The lowest BCUT2D eigenvalue weighted by atomic mass is 10.1. The van der Waals surface area contributed by atoms with Crippen LogP contribution in [0.4, 0.5) is 5.69 Å². The number of thioether (sulfide) groups is 1. The molecule has 3 rings (SSSR count). The molecule has 0 saturated carbocycles. The molecular weight excluding hydrogens is 410 g/mol. The fraction of sp³-hybridized carbons (Fsp3) is 0.150. The molecule has 2 aromatic carbocycles. The zero-order valence-electron chi connectivity index (χ0n) is 14.3. The number of rotatable bonds is 6. The highest BCUT2D eigenvalue weighted by Crippen LogP contribution is 2.23. The van der Waals surface area contributed by atoms with Crippen LogP contribution in [0.3, 0.4) is 0 Å². The molecule has 0 bridgehead atoms. The van der Waals surface area contributed by atoms with Crippen molar-refractivity contribution in [1.82, 2.24) is 9.97 Å². The van der Waals surface area contributed by atoms with Gasteiger partial charge in [-0.25, -0.2) is 9.97 Å². The van der Waals surface area contributed by atoms with E-state index < -0.39 is 0 Å². The zero-order chi connectivity index (χ0) is 18.4. The molecule has 6 heteroatoms. The minimum Gasteiger partial charge on any atom is -0.321 e. The van der Waals surface area contributed by atoms with E-state index in [0.29, 0.717) is 15.3 Å². The Bertz CT molecular complexity index is 885. The van der Waals surface area contributed by atoms with Gasteiger partial charge in [0.05, 0.1) is 4.47 Å². The molecule has 0 aliphatic carbocycles. The minimum absolute atomic E-state index is 0.259. The molecule has 0 spiro atoms. The summed E-state index contributed by atoms with van der Waals surface area (Å²) in [5.41, 5.74) is 3.49. The largest absolute Gasteiger partial charge is 0.321 e. The van der Waals surface area contributed by atoms with Crippen molar-refractivity contribution < 1.29 is 4.79 Å². The van der Waals surface area contributed by atoms with Gasteiger partial charge in [0.25, 0.3) is 5.91 Å². The summed E-state index contributed by atoms with van der Waals surface area (Å²) < 4.78 is 0.573. The van der Waals surface area contributed by atoms with Gasteiger partial charge in [-0.1, -0.05) is 61.2 Å². The Kier molecular flexibility index (Phi) is 6.41.